The van der Waals surface area contributed by atoms with E-state index in [2.05, 4.69) is 15.6 Å². The molecule has 0 saturated carbocycles. The average Bonchev–Trinajstić information content (AvgIpc) is 3.20. The van der Waals surface area contributed by atoms with Crippen LogP contribution < -0.4 is 5.32 Å². The van der Waals surface area contributed by atoms with E-state index >= 15 is 0 Å². The molecular weight excluding hydrogens is 312 g/mol. The zero-order valence-corrected chi connectivity index (χ0v) is 13.3. The molecule has 2 aromatic heterocycles. The van der Waals surface area contributed by atoms with Gasteiger partial charge in [0.05, 0.1) is 18.8 Å². The zero-order valence-electron chi connectivity index (χ0n) is 12.5. The van der Waals surface area contributed by atoms with Crippen molar-refractivity contribution < 1.29 is 9.90 Å². The summed E-state index contributed by atoms with van der Waals surface area (Å²) in [6, 6.07) is 11.1. The minimum Gasteiger partial charge on any atom is -0.389 e. The van der Waals surface area contributed by atoms with Crippen molar-refractivity contribution in [2.24, 2.45) is 0 Å². The Labute approximate surface area is 137 Å². The third-order valence-electron chi connectivity index (χ3n) is 3.33. The third kappa shape index (κ3) is 3.64. The number of aliphatic hydroxyl groups is 1. The molecule has 0 spiro atoms. The predicted octanol–water partition coefficient (Wildman–Crippen LogP) is 2.69. The molecule has 1 atom stereocenters. The summed E-state index contributed by atoms with van der Waals surface area (Å²) < 4.78 is 1.63. The van der Waals surface area contributed by atoms with Gasteiger partial charge < -0.3 is 10.4 Å². The first-order valence-corrected chi connectivity index (χ1v) is 8.02. The Hall–Kier alpha value is -2.51. The van der Waals surface area contributed by atoms with E-state index in [4.69, 9.17) is 0 Å². The van der Waals surface area contributed by atoms with Gasteiger partial charge in [-0.2, -0.15) is 0 Å². The van der Waals surface area contributed by atoms with Gasteiger partial charge in [0.15, 0.2) is 5.69 Å². The van der Waals surface area contributed by atoms with E-state index in [-0.39, 0.29) is 11.6 Å². The van der Waals surface area contributed by atoms with E-state index in [1.807, 2.05) is 23.6 Å². The van der Waals surface area contributed by atoms with Gasteiger partial charge in [0, 0.05) is 16.1 Å². The van der Waals surface area contributed by atoms with Crippen LogP contribution in [0.15, 0.2) is 48.0 Å². The van der Waals surface area contributed by atoms with E-state index in [1.54, 1.807) is 47.3 Å². The smallest absolute Gasteiger partial charge is 0.277 e. The summed E-state index contributed by atoms with van der Waals surface area (Å²) in [5.41, 5.74) is 1.47. The number of carbonyl (C=O) groups is 1. The van der Waals surface area contributed by atoms with Gasteiger partial charge in [-0.25, -0.2) is 4.68 Å². The lowest BCUT2D eigenvalue weighted by molar-refractivity contribution is 0.102. The first-order chi connectivity index (χ1) is 11.1. The predicted molar refractivity (Wildman–Crippen MR) is 88.5 cm³/mol. The maximum atomic E-state index is 12.3. The Kier molecular flexibility index (Phi) is 4.50. The van der Waals surface area contributed by atoms with Gasteiger partial charge >= 0.3 is 0 Å². The highest BCUT2D eigenvalue weighted by Gasteiger charge is 2.14. The molecule has 3 aromatic rings. The molecule has 1 unspecified atom stereocenters. The molecule has 0 saturated heterocycles. The minimum absolute atomic E-state index is 0.238. The number of carbonyl (C=O) groups excluding carboxylic acids is 1. The number of benzene rings is 1. The maximum absolute atomic E-state index is 12.3. The van der Waals surface area contributed by atoms with Crippen molar-refractivity contribution in [3.05, 3.63) is 64.1 Å². The lowest BCUT2D eigenvalue weighted by atomic mass is 10.1. The number of aliphatic hydroxyl groups excluding tert-OH is 1. The van der Waals surface area contributed by atoms with E-state index < -0.39 is 6.10 Å². The monoisotopic (exact) mass is 328 g/mol. The molecule has 118 valence electrons. The molecule has 2 N–H and O–H groups in total. The Morgan fingerprint density at radius 3 is 2.91 bits per heavy atom. The quantitative estimate of drug-likeness (QED) is 0.754. The second-order valence-corrected chi connectivity index (χ2v) is 6.13. The van der Waals surface area contributed by atoms with Gasteiger partial charge in [-0.3, -0.25) is 4.79 Å². The van der Waals surface area contributed by atoms with Crippen LogP contribution in [0.2, 0.25) is 0 Å². The van der Waals surface area contributed by atoms with Gasteiger partial charge in [-0.05, 0) is 24.4 Å². The number of hydrogen-bond donors (Lipinski definition) is 2. The fourth-order valence-corrected chi connectivity index (χ4v) is 2.90. The van der Waals surface area contributed by atoms with Crippen molar-refractivity contribution in [2.45, 2.75) is 19.6 Å². The Balaban J connectivity index is 1.73. The lowest BCUT2D eigenvalue weighted by Gasteiger charge is -2.11. The average molecular weight is 328 g/mol. The van der Waals surface area contributed by atoms with E-state index in [0.29, 0.717) is 17.8 Å². The van der Waals surface area contributed by atoms with Crippen LogP contribution in [-0.2, 0) is 6.54 Å². The Morgan fingerprint density at radius 1 is 1.35 bits per heavy atom. The number of anilines is 1. The molecule has 7 heteroatoms. The zero-order chi connectivity index (χ0) is 16.2. The normalized spacial score (nSPS) is 12.1. The molecule has 6 nitrogen and oxygen atoms in total. The van der Waals surface area contributed by atoms with Crippen LogP contribution in [0, 0.1) is 0 Å². The molecule has 2 heterocycles. The number of aromatic nitrogens is 3. The highest BCUT2D eigenvalue weighted by atomic mass is 32.1. The Bertz CT molecular complexity index is 796. The van der Waals surface area contributed by atoms with Gasteiger partial charge in [-0.15, -0.1) is 16.4 Å². The van der Waals surface area contributed by atoms with Gasteiger partial charge in [0.1, 0.15) is 0 Å². The van der Waals surface area contributed by atoms with Crippen LogP contribution in [0.5, 0.6) is 0 Å². The van der Waals surface area contributed by atoms with Gasteiger partial charge in [0.25, 0.3) is 5.91 Å². The maximum Gasteiger partial charge on any atom is 0.277 e. The summed E-state index contributed by atoms with van der Waals surface area (Å²) in [5.74, 6) is -0.351. The summed E-state index contributed by atoms with van der Waals surface area (Å²) >= 11 is 1.63. The molecule has 0 bridgehead atoms. The van der Waals surface area contributed by atoms with Crippen LogP contribution in [0.3, 0.4) is 0 Å². The van der Waals surface area contributed by atoms with E-state index in [0.717, 1.165) is 4.88 Å². The molecule has 0 fully saturated rings. The van der Waals surface area contributed by atoms with E-state index in [9.17, 15) is 9.90 Å². The minimum atomic E-state index is -0.666. The van der Waals surface area contributed by atoms with Crippen molar-refractivity contribution >= 4 is 22.9 Å². The van der Waals surface area contributed by atoms with E-state index in [1.165, 1.54) is 0 Å². The molecule has 1 aromatic carbocycles. The first-order valence-electron chi connectivity index (χ1n) is 7.14. The van der Waals surface area contributed by atoms with Crippen molar-refractivity contribution in [1.82, 2.24) is 15.0 Å². The number of rotatable bonds is 5. The van der Waals surface area contributed by atoms with Crippen LogP contribution in [0.4, 0.5) is 5.69 Å². The largest absolute Gasteiger partial charge is 0.389 e. The second kappa shape index (κ2) is 6.72. The summed E-state index contributed by atoms with van der Waals surface area (Å²) in [5, 5.41) is 22.4. The van der Waals surface area contributed by atoms with Gasteiger partial charge in [0.2, 0.25) is 0 Å². The number of nitrogens with one attached hydrogen (secondary N) is 1. The number of hydrogen-bond acceptors (Lipinski definition) is 5. The number of amides is 1. The van der Waals surface area contributed by atoms with Crippen LogP contribution >= 0.6 is 11.3 Å². The highest BCUT2D eigenvalue weighted by molar-refractivity contribution is 7.09. The summed E-state index contributed by atoms with van der Waals surface area (Å²) in [7, 11) is 0. The lowest BCUT2D eigenvalue weighted by Crippen LogP contribution is -2.14. The Morgan fingerprint density at radius 2 is 2.17 bits per heavy atom. The molecule has 23 heavy (non-hydrogen) atoms. The fraction of sp³-hybridized carbons (Fsp3) is 0.188. The molecule has 3 rings (SSSR count). The second-order valence-electron chi connectivity index (χ2n) is 5.10. The van der Waals surface area contributed by atoms with Crippen LogP contribution in [0.25, 0.3) is 0 Å². The van der Waals surface area contributed by atoms with Crippen LogP contribution in [-0.4, -0.2) is 26.0 Å². The summed E-state index contributed by atoms with van der Waals surface area (Å²) in [6.07, 6.45) is 0.945. The van der Waals surface area contributed by atoms with Crippen molar-refractivity contribution in [3.63, 3.8) is 0 Å². The molecule has 0 aliphatic carbocycles. The summed E-state index contributed by atoms with van der Waals surface area (Å²) in [4.78, 5) is 13.4. The number of nitrogens with zero attached hydrogens (tertiary/aromatic N) is 3. The molecular formula is C16H16N4O2S. The topological polar surface area (TPSA) is 80.0 Å². The molecule has 0 radical (unpaired) electrons. The van der Waals surface area contributed by atoms with Crippen molar-refractivity contribution in [2.75, 3.05) is 5.32 Å². The van der Waals surface area contributed by atoms with Crippen molar-refractivity contribution in [3.8, 4) is 0 Å². The highest BCUT2D eigenvalue weighted by Crippen LogP contribution is 2.22. The number of thiophene rings is 1. The third-order valence-corrected chi connectivity index (χ3v) is 4.19. The standard InChI is InChI=1S/C16H16N4O2S/c1-11(21)13-6-2-3-7-14(13)17-16(22)15-10-20(19-18-15)9-12-5-4-8-23-12/h2-8,10-11,21H,9H2,1H3,(H,17,22). The summed E-state index contributed by atoms with van der Waals surface area (Å²) in [6.45, 7) is 2.24. The molecule has 0 aliphatic heterocycles. The molecule has 1 amide bonds. The first kappa shape index (κ1) is 15.4. The molecule has 0 aliphatic rings. The van der Waals surface area contributed by atoms with Crippen LogP contribution in [0.1, 0.15) is 34.0 Å². The van der Waals surface area contributed by atoms with Gasteiger partial charge in [-0.1, -0.05) is 29.5 Å². The fourth-order valence-electron chi connectivity index (χ4n) is 2.20. The SMILES string of the molecule is CC(O)c1ccccc1NC(=O)c1cn(Cc2cccs2)nn1. The van der Waals surface area contributed by atoms with Crippen molar-refractivity contribution in [1.29, 1.82) is 0 Å². The number of para-hydroxylation sites is 1.